The zero-order valence-electron chi connectivity index (χ0n) is 19.2. The summed E-state index contributed by atoms with van der Waals surface area (Å²) in [6.07, 6.45) is 3.04. The van der Waals surface area contributed by atoms with Crippen LogP contribution < -0.4 is 5.32 Å². The molecule has 1 amide bonds. The lowest BCUT2D eigenvalue weighted by Crippen LogP contribution is -2.35. The van der Waals surface area contributed by atoms with Crippen LogP contribution in [0.4, 0.5) is 5.82 Å². The Morgan fingerprint density at radius 2 is 2.03 bits per heavy atom. The van der Waals surface area contributed by atoms with Crippen LogP contribution in [-0.4, -0.2) is 50.4 Å². The van der Waals surface area contributed by atoms with Crippen molar-refractivity contribution in [3.8, 4) is 0 Å². The van der Waals surface area contributed by atoms with Gasteiger partial charge < -0.3 is 19.9 Å². The molecule has 0 spiro atoms. The number of aliphatic hydroxyl groups is 1. The standard InChI is InChI=1S/C25H30N4O5/c1-2-3-9-23(31)28-25-21-11-10-20(29(21)27-16-26-25)22-14-18(30)13-19(34-22)15-33-24(32)12-17-7-5-4-6-8-17/h4-8,10-11,16,18-19,22,30H,2-3,9,12-15H2,1H3,(H,26,27,28,31)/t18-,19+,22?/m1/s1. The molecule has 4 rings (SSSR count). The smallest absolute Gasteiger partial charge is 0.310 e. The molecule has 3 atom stereocenters. The van der Waals surface area contributed by atoms with Gasteiger partial charge in [0.25, 0.3) is 0 Å². The number of hydrogen-bond donors (Lipinski definition) is 2. The topological polar surface area (TPSA) is 115 Å². The molecular weight excluding hydrogens is 436 g/mol. The van der Waals surface area contributed by atoms with Crippen molar-refractivity contribution in [1.82, 2.24) is 14.6 Å². The largest absolute Gasteiger partial charge is 0.463 e. The summed E-state index contributed by atoms with van der Waals surface area (Å²) in [7, 11) is 0. The lowest BCUT2D eigenvalue weighted by molar-refractivity contribution is -0.157. The third-order valence-electron chi connectivity index (χ3n) is 5.83. The fourth-order valence-electron chi connectivity index (χ4n) is 4.11. The molecule has 34 heavy (non-hydrogen) atoms. The molecular formula is C25H30N4O5. The Morgan fingerprint density at radius 3 is 2.82 bits per heavy atom. The van der Waals surface area contributed by atoms with E-state index in [0.717, 1.165) is 24.1 Å². The van der Waals surface area contributed by atoms with Gasteiger partial charge in [-0.25, -0.2) is 9.50 Å². The van der Waals surface area contributed by atoms with Gasteiger partial charge in [0.1, 0.15) is 24.6 Å². The fourth-order valence-corrected chi connectivity index (χ4v) is 4.11. The number of fused-ring (bicyclic) bond motifs is 1. The number of carbonyl (C=O) groups is 2. The van der Waals surface area contributed by atoms with Crippen LogP contribution in [0.2, 0.25) is 0 Å². The van der Waals surface area contributed by atoms with E-state index >= 15 is 0 Å². The Bertz CT molecular complexity index is 1120. The van der Waals surface area contributed by atoms with E-state index in [4.69, 9.17) is 9.47 Å². The number of amides is 1. The summed E-state index contributed by atoms with van der Waals surface area (Å²) < 4.78 is 13.3. The highest BCUT2D eigenvalue weighted by molar-refractivity contribution is 5.93. The average molecular weight is 467 g/mol. The van der Waals surface area contributed by atoms with Crippen LogP contribution in [0, 0.1) is 0 Å². The first-order chi connectivity index (χ1) is 16.5. The lowest BCUT2D eigenvalue weighted by atomic mass is 9.99. The van der Waals surface area contributed by atoms with E-state index in [2.05, 4.69) is 15.4 Å². The van der Waals surface area contributed by atoms with Crippen LogP contribution in [0.15, 0.2) is 48.8 Å². The minimum absolute atomic E-state index is 0.0657. The van der Waals surface area contributed by atoms with Gasteiger partial charge in [-0.2, -0.15) is 5.10 Å². The number of rotatable bonds is 9. The summed E-state index contributed by atoms with van der Waals surface area (Å²) in [5, 5.41) is 17.6. The van der Waals surface area contributed by atoms with Crippen LogP contribution in [0.5, 0.6) is 0 Å². The summed E-state index contributed by atoms with van der Waals surface area (Å²) in [4.78, 5) is 28.6. The second-order valence-corrected chi connectivity index (χ2v) is 8.53. The van der Waals surface area contributed by atoms with Crippen molar-refractivity contribution >= 4 is 23.2 Å². The molecule has 9 nitrogen and oxygen atoms in total. The first-order valence-corrected chi connectivity index (χ1v) is 11.7. The molecule has 1 aromatic carbocycles. The van der Waals surface area contributed by atoms with Crippen molar-refractivity contribution in [2.75, 3.05) is 11.9 Å². The van der Waals surface area contributed by atoms with E-state index in [0.29, 0.717) is 30.6 Å². The van der Waals surface area contributed by atoms with Crippen molar-refractivity contribution < 1.29 is 24.2 Å². The van der Waals surface area contributed by atoms with Gasteiger partial charge in [-0.1, -0.05) is 43.7 Å². The Labute approximate surface area is 198 Å². The molecule has 180 valence electrons. The number of carbonyl (C=O) groups excluding carboxylic acids is 2. The van der Waals surface area contributed by atoms with Crippen LogP contribution in [0.3, 0.4) is 0 Å². The van der Waals surface area contributed by atoms with Gasteiger partial charge in [-0.05, 0) is 24.1 Å². The van der Waals surface area contributed by atoms with Crippen LogP contribution in [-0.2, 0) is 25.5 Å². The van der Waals surface area contributed by atoms with Gasteiger partial charge in [-0.3, -0.25) is 9.59 Å². The van der Waals surface area contributed by atoms with Crippen molar-refractivity contribution in [3.05, 3.63) is 60.0 Å². The fraction of sp³-hybridized carbons (Fsp3) is 0.440. The number of aliphatic hydroxyl groups excluding tert-OH is 1. The Kier molecular flexibility index (Phi) is 7.87. The highest BCUT2D eigenvalue weighted by Gasteiger charge is 2.32. The third kappa shape index (κ3) is 5.98. The zero-order valence-corrected chi connectivity index (χ0v) is 19.2. The van der Waals surface area contributed by atoms with Gasteiger partial charge in [0.05, 0.1) is 24.3 Å². The second-order valence-electron chi connectivity index (χ2n) is 8.53. The minimum Gasteiger partial charge on any atom is -0.463 e. The van der Waals surface area contributed by atoms with Crippen molar-refractivity contribution in [1.29, 1.82) is 0 Å². The molecule has 3 heterocycles. The summed E-state index contributed by atoms with van der Waals surface area (Å²) in [5.41, 5.74) is 2.27. The van der Waals surface area contributed by atoms with E-state index in [1.807, 2.05) is 49.4 Å². The molecule has 1 aliphatic heterocycles. The van der Waals surface area contributed by atoms with Gasteiger partial charge in [0.15, 0.2) is 5.82 Å². The number of anilines is 1. The number of esters is 1. The van der Waals surface area contributed by atoms with E-state index in [9.17, 15) is 14.7 Å². The van der Waals surface area contributed by atoms with E-state index in [1.54, 1.807) is 4.52 Å². The van der Waals surface area contributed by atoms with Gasteiger partial charge in [0.2, 0.25) is 5.91 Å². The molecule has 2 N–H and O–H groups in total. The molecule has 2 aromatic heterocycles. The summed E-state index contributed by atoms with van der Waals surface area (Å²) in [6.45, 7) is 2.10. The van der Waals surface area contributed by atoms with Gasteiger partial charge in [0, 0.05) is 19.3 Å². The molecule has 0 aliphatic carbocycles. The SMILES string of the molecule is CCCCC(=O)Nc1ncnn2c(C3C[C@H](O)C[C@@H](COC(=O)Cc4ccccc4)O3)ccc12. The maximum atomic E-state index is 12.2. The summed E-state index contributed by atoms with van der Waals surface area (Å²) in [5.74, 6) is 0.00720. The maximum Gasteiger partial charge on any atom is 0.310 e. The zero-order chi connectivity index (χ0) is 23.9. The predicted octanol–water partition coefficient (Wildman–Crippen LogP) is 3.22. The summed E-state index contributed by atoms with van der Waals surface area (Å²) >= 11 is 0. The van der Waals surface area contributed by atoms with E-state index < -0.39 is 18.3 Å². The predicted molar refractivity (Wildman–Crippen MR) is 125 cm³/mol. The van der Waals surface area contributed by atoms with Gasteiger partial charge in [-0.15, -0.1) is 0 Å². The van der Waals surface area contributed by atoms with Crippen LogP contribution >= 0.6 is 0 Å². The van der Waals surface area contributed by atoms with E-state index in [-0.39, 0.29) is 24.9 Å². The maximum absolute atomic E-state index is 12.2. The molecule has 9 heteroatoms. The molecule has 0 saturated carbocycles. The number of ether oxygens (including phenoxy) is 2. The first kappa shape index (κ1) is 23.8. The Morgan fingerprint density at radius 1 is 1.21 bits per heavy atom. The first-order valence-electron chi connectivity index (χ1n) is 11.7. The highest BCUT2D eigenvalue weighted by atomic mass is 16.6. The average Bonchev–Trinajstić information content (AvgIpc) is 3.27. The number of benzene rings is 1. The minimum atomic E-state index is -0.600. The quantitative estimate of drug-likeness (QED) is 0.465. The van der Waals surface area contributed by atoms with Crippen molar-refractivity contribution in [2.24, 2.45) is 0 Å². The van der Waals surface area contributed by atoms with Gasteiger partial charge >= 0.3 is 5.97 Å². The van der Waals surface area contributed by atoms with Crippen LogP contribution in [0.25, 0.3) is 5.52 Å². The Balaban J connectivity index is 1.41. The number of nitrogens with zero attached hydrogens (tertiary/aromatic N) is 3. The van der Waals surface area contributed by atoms with Crippen molar-refractivity contribution in [3.63, 3.8) is 0 Å². The number of hydrogen-bond acceptors (Lipinski definition) is 7. The number of aromatic nitrogens is 3. The molecule has 3 aromatic rings. The normalized spacial score (nSPS) is 20.2. The second kappa shape index (κ2) is 11.2. The lowest BCUT2D eigenvalue weighted by Gasteiger charge is -2.32. The molecule has 1 aliphatic rings. The van der Waals surface area contributed by atoms with Crippen LogP contribution in [0.1, 0.15) is 56.4 Å². The number of nitrogens with one attached hydrogen (secondary N) is 1. The number of unbranched alkanes of at least 4 members (excludes halogenated alkanes) is 1. The summed E-state index contributed by atoms with van der Waals surface area (Å²) in [6, 6.07) is 13.1. The molecule has 1 fully saturated rings. The molecule has 0 radical (unpaired) electrons. The Hall–Kier alpha value is -3.30. The molecule has 0 bridgehead atoms. The van der Waals surface area contributed by atoms with Crippen molar-refractivity contribution in [2.45, 2.75) is 63.8 Å². The molecule has 1 saturated heterocycles. The third-order valence-corrected chi connectivity index (χ3v) is 5.83. The highest BCUT2D eigenvalue weighted by Crippen LogP contribution is 2.33. The molecule has 1 unspecified atom stereocenters. The van der Waals surface area contributed by atoms with E-state index in [1.165, 1.54) is 6.33 Å². The monoisotopic (exact) mass is 466 g/mol.